The van der Waals surface area contributed by atoms with Gasteiger partial charge in [-0.2, -0.15) is 13.2 Å². The van der Waals surface area contributed by atoms with Gasteiger partial charge < -0.3 is 9.47 Å². The zero-order valence-corrected chi connectivity index (χ0v) is 14.3. The number of benzene rings is 1. The molecule has 0 aliphatic rings. The first kappa shape index (κ1) is 19.1. The SMILES string of the molecule is CC(c1ccc(Cl)cc1)N(C)C(=O)Cn1cc(C(F)(F)F)ccc1=O. The highest BCUT2D eigenvalue weighted by Gasteiger charge is 2.31. The van der Waals surface area contributed by atoms with Crippen LogP contribution < -0.4 is 5.56 Å². The molecule has 1 aromatic heterocycles. The average Bonchev–Trinajstić information content (AvgIpc) is 2.55. The largest absolute Gasteiger partial charge is 0.417 e. The molecule has 2 rings (SSSR count). The fourth-order valence-corrected chi connectivity index (χ4v) is 2.39. The van der Waals surface area contributed by atoms with Gasteiger partial charge in [0.1, 0.15) is 6.54 Å². The van der Waals surface area contributed by atoms with Crippen molar-refractivity contribution in [2.45, 2.75) is 25.7 Å². The molecule has 1 unspecified atom stereocenters. The lowest BCUT2D eigenvalue weighted by molar-refractivity contribution is -0.138. The molecular weight excluding hydrogens is 357 g/mol. The lowest BCUT2D eigenvalue weighted by Gasteiger charge is -2.26. The highest BCUT2D eigenvalue weighted by Crippen LogP contribution is 2.28. The van der Waals surface area contributed by atoms with E-state index in [1.165, 1.54) is 11.9 Å². The molecule has 1 atom stereocenters. The molecule has 0 aliphatic heterocycles. The minimum absolute atomic E-state index is 0.328. The van der Waals surface area contributed by atoms with E-state index >= 15 is 0 Å². The highest BCUT2D eigenvalue weighted by atomic mass is 35.5. The summed E-state index contributed by atoms with van der Waals surface area (Å²) in [7, 11) is 1.53. The third-order valence-corrected chi connectivity index (χ3v) is 4.20. The van der Waals surface area contributed by atoms with Crippen molar-refractivity contribution in [3.05, 3.63) is 69.1 Å². The predicted molar refractivity (Wildman–Crippen MR) is 88.3 cm³/mol. The van der Waals surface area contributed by atoms with Crippen LogP contribution in [0.25, 0.3) is 0 Å². The van der Waals surface area contributed by atoms with Gasteiger partial charge in [0, 0.05) is 24.3 Å². The van der Waals surface area contributed by atoms with Gasteiger partial charge in [-0.1, -0.05) is 23.7 Å². The Morgan fingerprint density at radius 2 is 1.80 bits per heavy atom. The van der Waals surface area contributed by atoms with E-state index in [1.807, 2.05) is 0 Å². The van der Waals surface area contributed by atoms with Crippen LogP contribution in [0.1, 0.15) is 24.1 Å². The summed E-state index contributed by atoms with van der Waals surface area (Å²) in [4.78, 5) is 25.5. The maximum atomic E-state index is 12.8. The molecule has 4 nitrogen and oxygen atoms in total. The molecule has 0 aliphatic carbocycles. The molecule has 134 valence electrons. The van der Waals surface area contributed by atoms with Crippen molar-refractivity contribution in [3.8, 4) is 0 Å². The summed E-state index contributed by atoms with van der Waals surface area (Å²) in [5.41, 5.74) is -0.834. The van der Waals surface area contributed by atoms with Crippen LogP contribution in [0.15, 0.2) is 47.4 Å². The summed E-state index contributed by atoms with van der Waals surface area (Å²) in [6.45, 7) is 1.30. The number of rotatable bonds is 4. The summed E-state index contributed by atoms with van der Waals surface area (Å²) in [5, 5.41) is 0.556. The second-order valence-corrected chi connectivity index (χ2v) is 6.05. The van der Waals surface area contributed by atoms with E-state index in [1.54, 1.807) is 31.2 Å². The van der Waals surface area contributed by atoms with Crippen LogP contribution in [0.5, 0.6) is 0 Å². The van der Waals surface area contributed by atoms with Gasteiger partial charge in [0.15, 0.2) is 0 Å². The number of hydrogen-bond donors (Lipinski definition) is 0. The van der Waals surface area contributed by atoms with Gasteiger partial charge in [0.25, 0.3) is 5.56 Å². The Kier molecular flexibility index (Phi) is 5.57. The summed E-state index contributed by atoms with van der Waals surface area (Å²) in [6.07, 6.45) is -3.93. The number of nitrogens with zero attached hydrogens (tertiary/aromatic N) is 2. The Morgan fingerprint density at radius 3 is 2.36 bits per heavy atom. The number of pyridine rings is 1. The van der Waals surface area contributed by atoms with Crippen LogP contribution in [0.4, 0.5) is 13.2 Å². The van der Waals surface area contributed by atoms with Crippen molar-refractivity contribution in [3.63, 3.8) is 0 Å². The Bertz CT molecular complexity index is 816. The first-order valence-electron chi connectivity index (χ1n) is 7.38. The molecule has 1 aromatic carbocycles. The van der Waals surface area contributed by atoms with Crippen LogP contribution in [-0.4, -0.2) is 22.4 Å². The van der Waals surface area contributed by atoms with Gasteiger partial charge in [-0.3, -0.25) is 9.59 Å². The van der Waals surface area contributed by atoms with E-state index in [9.17, 15) is 22.8 Å². The maximum Gasteiger partial charge on any atom is 0.417 e. The van der Waals surface area contributed by atoms with Gasteiger partial charge in [0.2, 0.25) is 5.91 Å². The molecule has 0 saturated heterocycles. The van der Waals surface area contributed by atoms with E-state index in [0.29, 0.717) is 17.3 Å². The van der Waals surface area contributed by atoms with Crippen LogP contribution in [0, 0.1) is 0 Å². The molecule has 0 saturated carbocycles. The highest BCUT2D eigenvalue weighted by molar-refractivity contribution is 6.30. The number of hydrogen-bond acceptors (Lipinski definition) is 2. The minimum atomic E-state index is -4.58. The number of halogens is 4. The molecule has 0 spiro atoms. The molecule has 0 radical (unpaired) electrons. The zero-order chi connectivity index (χ0) is 18.8. The number of aromatic nitrogens is 1. The van der Waals surface area contributed by atoms with E-state index < -0.39 is 29.8 Å². The predicted octanol–water partition coefficient (Wildman–Crippen LogP) is 3.74. The molecule has 25 heavy (non-hydrogen) atoms. The van der Waals surface area contributed by atoms with Gasteiger partial charge in [-0.25, -0.2) is 0 Å². The van der Waals surface area contributed by atoms with Crippen molar-refractivity contribution in [2.24, 2.45) is 0 Å². The zero-order valence-electron chi connectivity index (χ0n) is 13.5. The lowest BCUT2D eigenvalue weighted by atomic mass is 10.1. The van der Waals surface area contributed by atoms with E-state index in [4.69, 9.17) is 11.6 Å². The van der Waals surface area contributed by atoms with Crippen LogP contribution in [-0.2, 0) is 17.5 Å². The van der Waals surface area contributed by atoms with Crippen molar-refractivity contribution in [2.75, 3.05) is 7.05 Å². The summed E-state index contributed by atoms with van der Waals surface area (Å²) in [6, 6.07) is 8.06. The maximum absolute atomic E-state index is 12.8. The fourth-order valence-electron chi connectivity index (χ4n) is 2.26. The molecule has 1 heterocycles. The standard InChI is InChI=1S/C17H16ClF3N2O2/c1-11(12-3-6-14(18)7-4-12)22(2)16(25)10-23-9-13(17(19,20)21)5-8-15(23)24/h3-9,11H,10H2,1-2H3. The first-order chi connectivity index (χ1) is 11.6. The Morgan fingerprint density at radius 1 is 1.20 bits per heavy atom. The molecule has 0 fully saturated rings. The second-order valence-electron chi connectivity index (χ2n) is 5.61. The second kappa shape index (κ2) is 7.31. The van der Waals surface area contributed by atoms with Gasteiger partial charge in [0.05, 0.1) is 11.6 Å². The lowest BCUT2D eigenvalue weighted by Crippen LogP contribution is -2.35. The van der Waals surface area contributed by atoms with Crippen molar-refractivity contribution in [1.82, 2.24) is 9.47 Å². The Hall–Kier alpha value is -2.28. The van der Waals surface area contributed by atoms with Gasteiger partial charge >= 0.3 is 6.18 Å². The van der Waals surface area contributed by atoms with E-state index in [-0.39, 0.29) is 6.04 Å². The third kappa shape index (κ3) is 4.63. The molecule has 0 N–H and O–H groups in total. The smallest absolute Gasteiger partial charge is 0.337 e. The third-order valence-electron chi connectivity index (χ3n) is 3.94. The monoisotopic (exact) mass is 372 g/mol. The number of amides is 1. The number of likely N-dealkylation sites (N-methyl/N-ethyl adjacent to an activating group) is 1. The topological polar surface area (TPSA) is 42.3 Å². The molecule has 0 bridgehead atoms. The van der Waals surface area contributed by atoms with Crippen LogP contribution >= 0.6 is 11.6 Å². The quantitative estimate of drug-likeness (QED) is 0.820. The normalized spacial score (nSPS) is 12.7. The molecule has 8 heteroatoms. The van der Waals surface area contributed by atoms with Crippen LogP contribution in [0.2, 0.25) is 5.02 Å². The molecular formula is C17H16ClF3N2O2. The van der Waals surface area contributed by atoms with E-state index in [0.717, 1.165) is 16.2 Å². The minimum Gasteiger partial charge on any atom is -0.337 e. The van der Waals surface area contributed by atoms with Crippen molar-refractivity contribution < 1.29 is 18.0 Å². The molecule has 1 amide bonds. The van der Waals surface area contributed by atoms with Crippen molar-refractivity contribution in [1.29, 1.82) is 0 Å². The summed E-state index contributed by atoms with van der Waals surface area (Å²) >= 11 is 5.82. The van der Waals surface area contributed by atoms with Crippen LogP contribution in [0.3, 0.4) is 0 Å². The van der Waals surface area contributed by atoms with Crippen molar-refractivity contribution >= 4 is 17.5 Å². The Labute approximate surface area is 147 Å². The number of carbonyl (C=O) groups excluding carboxylic acids is 1. The summed E-state index contributed by atoms with van der Waals surface area (Å²) < 4.78 is 39.0. The molecule has 2 aromatic rings. The number of carbonyl (C=O) groups is 1. The summed E-state index contributed by atoms with van der Waals surface area (Å²) in [5.74, 6) is -0.483. The first-order valence-corrected chi connectivity index (χ1v) is 7.76. The van der Waals surface area contributed by atoms with Gasteiger partial charge in [-0.05, 0) is 30.7 Å². The fraction of sp³-hybridized carbons (Fsp3) is 0.294. The average molecular weight is 373 g/mol. The van der Waals surface area contributed by atoms with Gasteiger partial charge in [-0.15, -0.1) is 0 Å². The van der Waals surface area contributed by atoms with E-state index in [2.05, 4.69) is 0 Å². The number of alkyl halides is 3. The Balaban J connectivity index is 2.18.